The molecule has 2 N–H and O–H groups in total. The average Bonchev–Trinajstić information content (AvgIpc) is 2.17. The van der Waals surface area contributed by atoms with Crippen molar-refractivity contribution < 1.29 is 40.9 Å². The van der Waals surface area contributed by atoms with Crippen molar-refractivity contribution in [2.24, 2.45) is 0 Å². The molecule has 1 aliphatic rings. The van der Waals surface area contributed by atoms with E-state index < -0.39 is 12.0 Å². The molecule has 1 unspecified atom stereocenters. The van der Waals surface area contributed by atoms with Gasteiger partial charge >= 0.3 is 35.5 Å². The zero-order valence-electron chi connectivity index (χ0n) is 9.16. The first-order valence-corrected chi connectivity index (χ1v) is 4.34. The largest absolute Gasteiger partial charge is 1.00 e. The Balaban J connectivity index is 0.000000980. The first-order valence-electron chi connectivity index (χ1n) is 4.34. The molecule has 1 heterocycles. The van der Waals surface area contributed by atoms with Crippen molar-refractivity contribution in [2.75, 3.05) is 5.32 Å². The molecule has 4 heteroatoms. The predicted octanol–water partition coefficient (Wildman–Crippen LogP) is -1.39. The molecule has 0 bridgehead atoms. The van der Waals surface area contributed by atoms with Gasteiger partial charge in [-0.3, -0.25) is 0 Å². The molecule has 1 atom stereocenters. The van der Waals surface area contributed by atoms with Crippen LogP contribution in [0.3, 0.4) is 0 Å². The van der Waals surface area contributed by atoms with Crippen LogP contribution in [-0.2, 0) is 11.2 Å². The van der Waals surface area contributed by atoms with Crippen LogP contribution in [0.2, 0.25) is 0 Å². The van der Waals surface area contributed by atoms with E-state index in [2.05, 4.69) is 5.32 Å². The number of hydrogen-bond acceptors (Lipinski definition) is 2. The van der Waals surface area contributed by atoms with E-state index in [0.29, 0.717) is 6.42 Å². The maximum absolute atomic E-state index is 10.7. The van der Waals surface area contributed by atoms with Crippen LogP contribution in [0.15, 0.2) is 24.3 Å². The Hall–Kier alpha value is -0.510. The van der Waals surface area contributed by atoms with Gasteiger partial charge in [-0.1, -0.05) is 18.2 Å². The summed E-state index contributed by atoms with van der Waals surface area (Å²) < 4.78 is 0. The molecule has 70 valence electrons. The molecule has 0 fully saturated rings. The summed E-state index contributed by atoms with van der Waals surface area (Å²) >= 11 is 0. The number of para-hydroxylation sites is 1. The third-order valence-electron chi connectivity index (χ3n) is 2.35. The van der Waals surface area contributed by atoms with Crippen molar-refractivity contribution in [3.8, 4) is 0 Å². The van der Waals surface area contributed by atoms with Crippen LogP contribution in [0.4, 0.5) is 5.69 Å². The van der Waals surface area contributed by atoms with Gasteiger partial charge in [0.25, 0.3) is 0 Å². The van der Waals surface area contributed by atoms with Crippen molar-refractivity contribution in [3.05, 3.63) is 29.8 Å². The number of carboxylic acid groups (broad SMARTS) is 1. The quantitative estimate of drug-likeness (QED) is 0.550. The topological polar surface area (TPSA) is 49.3 Å². The molecule has 0 spiro atoms. The minimum atomic E-state index is -0.769. The normalized spacial score (nSPS) is 18.7. The Morgan fingerprint density at radius 3 is 2.93 bits per heavy atom. The fourth-order valence-corrected chi connectivity index (χ4v) is 1.62. The molecule has 0 amide bonds. The standard InChI is InChI=1S/C10H11NO2.Na.H/c12-10(13)9-6-5-7-3-1-2-4-8(7)11-9;;/h1-4,9,11H,5-6H2,(H,12,13);;/q;+1;-1. The summed E-state index contributed by atoms with van der Waals surface area (Å²) in [5, 5.41) is 11.8. The monoisotopic (exact) mass is 201 g/mol. The van der Waals surface area contributed by atoms with Crippen molar-refractivity contribution in [3.63, 3.8) is 0 Å². The van der Waals surface area contributed by atoms with Gasteiger partial charge in [-0.2, -0.15) is 0 Å². The van der Waals surface area contributed by atoms with Gasteiger partial charge in [-0.05, 0) is 24.5 Å². The number of hydrogen-bond donors (Lipinski definition) is 2. The van der Waals surface area contributed by atoms with Crippen molar-refractivity contribution in [1.29, 1.82) is 0 Å². The van der Waals surface area contributed by atoms with Crippen LogP contribution in [-0.4, -0.2) is 17.1 Å². The van der Waals surface area contributed by atoms with Crippen molar-refractivity contribution in [2.45, 2.75) is 18.9 Å². The van der Waals surface area contributed by atoms with Gasteiger partial charge in [-0.15, -0.1) is 0 Å². The molecule has 1 aliphatic heterocycles. The number of nitrogens with one attached hydrogen (secondary N) is 1. The molecule has 0 aliphatic carbocycles. The maximum Gasteiger partial charge on any atom is 1.00 e. The Bertz CT molecular complexity index is 346. The van der Waals surface area contributed by atoms with Gasteiger partial charge < -0.3 is 11.8 Å². The van der Waals surface area contributed by atoms with Gasteiger partial charge in [-0.25, -0.2) is 4.79 Å². The molecule has 1 aromatic carbocycles. The number of rotatable bonds is 1. The molecule has 0 saturated carbocycles. The number of aryl methyl sites for hydroxylation is 1. The number of carbonyl (C=O) groups is 1. The van der Waals surface area contributed by atoms with Gasteiger partial charge in [0.15, 0.2) is 0 Å². The summed E-state index contributed by atoms with van der Waals surface area (Å²) in [5.74, 6) is -0.769. The molecule has 0 saturated heterocycles. The summed E-state index contributed by atoms with van der Waals surface area (Å²) in [7, 11) is 0. The van der Waals surface area contributed by atoms with Crippen LogP contribution in [0.25, 0.3) is 0 Å². The maximum atomic E-state index is 10.7. The molecule has 0 aromatic heterocycles. The average molecular weight is 201 g/mol. The summed E-state index contributed by atoms with van der Waals surface area (Å²) in [6.45, 7) is 0. The number of carboxylic acids is 1. The molecule has 14 heavy (non-hydrogen) atoms. The van der Waals surface area contributed by atoms with E-state index in [-0.39, 0.29) is 31.0 Å². The van der Waals surface area contributed by atoms with Gasteiger partial charge in [0.05, 0.1) is 0 Å². The summed E-state index contributed by atoms with van der Waals surface area (Å²) in [6, 6.07) is 7.41. The first kappa shape index (κ1) is 11.6. The molecule has 1 aromatic rings. The van der Waals surface area contributed by atoms with Gasteiger partial charge in [0.2, 0.25) is 0 Å². The number of fused-ring (bicyclic) bond motifs is 1. The molecule has 3 nitrogen and oxygen atoms in total. The number of anilines is 1. The molecular formula is C10H12NNaO2. The van der Waals surface area contributed by atoms with Crippen LogP contribution in [0, 0.1) is 0 Å². The van der Waals surface area contributed by atoms with Gasteiger partial charge in [0.1, 0.15) is 6.04 Å². The third kappa shape index (κ3) is 2.29. The van der Waals surface area contributed by atoms with E-state index in [1.165, 1.54) is 5.56 Å². The van der Waals surface area contributed by atoms with E-state index in [9.17, 15) is 4.79 Å². The molecule has 2 rings (SSSR count). The van der Waals surface area contributed by atoms with Crippen molar-refractivity contribution in [1.82, 2.24) is 0 Å². The second-order valence-electron chi connectivity index (χ2n) is 3.23. The summed E-state index contributed by atoms with van der Waals surface area (Å²) in [6.07, 6.45) is 1.52. The van der Waals surface area contributed by atoms with E-state index >= 15 is 0 Å². The predicted molar refractivity (Wildman–Crippen MR) is 50.9 cm³/mol. The fraction of sp³-hybridized carbons (Fsp3) is 0.300. The zero-order valence-corrected chi connectivity index (χ0v) is 10.2. The Morgan fingerprint density at radius 1 is 1.50 bits per heavy atom. The molecule has 0 radical (unpaired) electrons. The van der Waals surface area contributed by atoms with Crippen LogP contribution < -0.4 is 34.9 Å². The smallest absolute Gasteiger partial charge is 1.00 e. The summed E-state index contributed by atoms with van der Waals surface area (Å²) in [5.41, 5.74) is 2.17. The van der Waals surface area contributed by atoms with E-state index in [1.807, 2.05) is 24.3 Å². The van der Waals surface area contributed by atoms with Crippen LogP contribution in [0.1, 0.15) is 13.4 Å². The zero-order chi connectivity index (χ0) is 9.26. The fourth-order valence-electron chi connectivity index (χ4n) is 1.62. The van der Waals surface area contributed by atoms with E-state index in [0.717, 1.165) is 12.1 Å². The van der Waals surface area contributed by atoms with Gasteiger partial charge in [0, 0.05) is 5.69 Å². The number of aliphatic carboxylic acids is 1. The van der Waals surface area contributed by atoms with Crippen molar-refractivity contribution >= 4 is 11.7 Å². The summed E-state index contributed by atoms with van der Waals surface area (Å²) in [4.78, 5) is 10.7. The second-order valence-corrected chi connectivity index (χ2v) is 3.23. The Kier molecular flexibility index (Phi) is 3.98. The Labute approximate surface area is 106 Å². The Morgan fingerprint density at radius 2 is 2.21 bits per heavy atom. The van der Waals surface area contributed by atoms with E-state index in [1.54, 1.807) is 0 Å². The SMILES string of the molecule is O=C(O)C1CCc2ccccc2N1.[H-].[Na+]. The molecular weight excluding hydrogens is 189 g/mol. The minimum absolute atomic E-state index is 0. The second kappa shape index (κ2) is 4.82. The number of benzene rings is 1. The van der Waals surface area contributed by atoms with E-state index in [4.69, 9.17) is 5.11 Å². The third-order valence-corrected chi connectivity index (χ3v) is 2.35. The minimum Gasteiger partial charge on any atom is -1.00 e. The van der Waals surface area contributed by atoms with Crippen LogP contribution >= 0.6 is 0 Å². The van der Waals surface area contributed by atoms with Crippen LogP contribution in [0.5, 0.6) is 0 Å². The first-order chi connectivity index (χ1) is 6.27.